The molecule has 2 aromatic carbocycles. The molecule has 1 N–H and O–H groups in total. The zero-order chi connectivity index (χ0) is 14.3. The minimum absolute atomic E-state index is 0.0252. The average molecular weight is 329 g/mol. The van der Waals surface area contributed by atoms with Crippen molar-refractivity contribution in [3.8, 4) is 5.75 Å². The number of phenolic OH excluding ortho intramolecular Hbond substituents is 1. The zero-order valence-electron chi connectivity index (χ0n) is 10.3. The number of hydrogen-bond acceptors (Lipinski definition) is 3. The zero-order valence-corrected chi connectivity index (χ0v) is 11.8. The van der Waals surface area contributed by atoms with Crippen LogP contribution in [0, 0.1) is 0 Å². The first-order valence-electron chi connectivity index (χ1n) is 5.96. The average Bonchev–Trinajstić information content (AvgIpc) is 2.68. The van der Waals surface area contributed by atoms with Gasteiger partial charge in [-0.2, -0.15) is 0 Å². The van der Waals surface area contributed by atoms with E-state index >= 15 is 0 Å². The highest BCUT2D eigenvalue weighted by molar-refractivity contribution is 9.10. The molecule has 3 rings (SSSR count). The van der Waals surface area contributed by atoms with Crippen LogP contribution < -0.4 is 0 Å². The van der Waals surface area contributed by atoms with Gasteiger partial charge in [-0.25, -0.2) is 0 Å². The van der Waals surface area contributed by atoms with Crippen LogP contribution in [0.2, 0.25) is 0 Å². The number of carbonyl (C=O) groups excluding carboxylic acids is 2. The molecule has 0 spiro atoms. The molecule has 20 heavy (non-hydrogen) atoms. The van der Waals surface area contributed by atoms with E-state index < -0.39 is 0 Å². The van der Waals surface area contributed by atoms with E-state index in [0.717, 1.165) is 4.47 Å². The smallest absolute Gasteiger partial charge is 0.197 e. The van der Waals surface area contributed by atoms with Gasteiger partial charge in [0.25, 0.3) is 0 Å². The molecule has 0 atom stereocenters. The Bertz CT molecular complexity index is 738. The van der Waals surface area contributed by atoms with Crippen molar-refractivity contribution in [3.05, 3.63) is 69.2 Å². The molecule has 0 unspecified atom stereocenters. The number of phenols is 1. The van der Waals surface area contributed by atoms with Gasteiger partial charge in [0.05, 0.1) is 5.57 Å². The van der Waals surface area contributed by atoms with Gasteiger partial charge in [0.15, 0.2) is 11.6 Å². The molecule has 0 saturated carbocycles. The predicted molar refractivity (Wildman–Crippen MR) is 78.9 cm³/mol. The van der Waals surface area contributed by atoms with E-state index in [1.807, 2.05) is 0 Å². The van der Waals surface area contributed by atoms with Crippen LogP contribution in [0.25, 0.3) is 6.08 Å². The van der Waals surface area contributed by atoms with Crippen molar-refractivity contribution < 1.29 is 14.7 Å². The van der Waals surface area contributed by atoms with E-state index in [4.69, 9.17) is 0 Å². The fourth-order valence-corrected chi connectivity index (χ4v) is 2.58. The lowest BCUT2D eigenvalue weighted by Crippen LogP contribution is -2.00. The predicted octanol–water partition coefficient (Wildman–Crippen LogP) is 3.62. The molecule has 0 heterocycles. The summed E-state index contributed by atoms with van der Waals surface area (Å²) in [6.07, 6.45) is 1.44. The van der Waals surface area contributed by atoms with Gasteiger partial charge >= 0.3 is 0 Å². The lowest BCUT2D eigenvalue weighted by molar-refractivity contribution is 0.0990. The Morgan fingerprint density at radius 3 is 2.15 bits per heavy atom. The maximum absolute atomic E-state index is 12.2. The van der Waals surface area contributed by atoms with E-state index in [9.17, 15) is 14.7 Å². The van der Waals surface area contributed by atoms with Gasteiger partial charge in [0.2, 0.25) is 0 Å². The summed E-state index contributed by atoms with van der Waals surface area (Å²) in [6.45, 7) is 0. The fourth-order valence-electron chi connectivity index (χ4n) is 2.20. The normalized spacial score (nSPS) is 13.6. The van der Waals surface area contributed by atoms with Crippen LogP contribution in [0.5, 0.6) is 5.75 Å². The van der Waals surface area contributed by atoms with E-state index in [1.165, 1.54) is 12.1 Å². The Kier molecular flexibility index (Phi) is 3.03. The van der Waals surface area contributed by atoms with Gasteiger partial charge in [-0.05, 0) is 24.3 Å². The second kappa shape index (κ2) is 4.72. The quantitative estimate of drug-likeness (QED) is 0.642. The number of Topliss-reactive ketones (excluding diaryl/α,β-unsaturated/α-hetero) is 2. The molecule has 0 aliphatic heterocycles. The lowest BCUT2D eigenvalue weighted by Gasteiger charge is -2.01. The number of carbonyl (C=O) groups is 2. The number of aromatic hydroxyl groups is 1. The summed E-state index contributed by atoms with van der Waals surface area (Å²) in [7, 11) is 0. The van der Waals surface area contributed by atoms with Gasteiger partial charge < -0.3 is 5.11 Å². The van der Waals surface area contributed by atoms with Crippen molar-refractivity contribution in [2.45, 2.75) is 0 Å². The van der Waals surface area contributed by atoms with Gasteiger partial charge in [-0.1, -0.05) is 40.2 Å². The molecular formula is C16H9BrO3. The van der Waals surface area contributed by atoms with Crippen molar-refractivity contribution in [2.24, 2.45) is 0 Å². The maximum Gasteiger partial charge on any atom is 0.197 e. The Morgan fingerprint density at radius 1 is 0.950 bits per heavy atom. The van der Waals surface area contributed by atoms with Gasteiger partial charge in [0, 0.05) is 21.2 Å². The standard InChI is InChI=1S/C16H9BrO3/c17-10-5-6-14(18)9(7-10)8-13-15(19)11-3-1-2-4-12(11)16(13)20/h1-8,18H. The Morgan fingerprint density at radius 2 is 1.55 bits per heavy atom. The Labute approximate surface area is 123 Å². The molecular weight excluding hydrogens is 320 g/mol. The summed E-state index contributed by atoms with van der Waals surface area (Å²) in [5.74, 6) is -0.577. The Hall–Kier alpha value is -2.20. The molecule has 0 bridgehead atoms. The number of ketones is 2. The van der Waals surface area contributed by atoms with Crippen LogP contribution in [0.4, 0.5) is 0 Å². The first kappa shape index (κ1) is 12.8. The molecule has 0 aromatic heterocycles. The minimum atomic E-state index is -0.301. The van der Waals surface area contributed by atoms with Crippen LogP contribution >= 0.6 is 15.9 Å². The number of rotatable bonds is 1. The third-order valence-corrected chi connectivity index (χ3v) is 3.69. The number of hydrogen-bond donors (Lipinski definition) is 1. The van der Waals surface area contributed by atoms with Gasteiger partial charge in [0.1, 0.15) is 5.75 Å². The number of allylic oxidation sites excluding steroid dienone is 1. The first-order valence-corrected chi connectivity index (χ1v) is 6.76. The summed E-state index contributed by atoms with van der Waals surface area (Å²) in [5.41, 5.74) is 1.35. The highest BCUT2D eigenvalue weighted by Crippen LogP contribution is 2.30. The highest BCUT2D eigenvalue weighted by Gasteiger charge is 2.32. The Balaban J connectivity index is 2.13. The van der Waals surface area contributed by atoms with E-state index in [0.29, 0.717) is 16.7 Å². The van der Waals surface area contributed by atoms with Crippen molar-refractivity contribution in [1.82, 2.24) is 0 Å². The first-order chi connectivity index (χ1) is 9.58. The molecule has 0 amide bonds. The topological polar surface area (TPSA) is 54.4 Å². The van der Waals surface area contributed by atoms with E-state index in [2.05, 4.69) is 15.9 Å². The van der Waals surface area contributed by atoms with E-state index in [1.54, 1.807) is 36.4 Å². The molecule has 0 saturated heterocycles. The fraction of sp³-hybridized carbons (Fsp3) is 0. The molecule has 2 aromatic rings. The second-order valence-corrected chi connectivity index (χ2v) is 5.38. The highest BCUT2D eigenvalue weighted by atomic mass is 79.9. The summed E-state index contributed by atoms with van der Waals surface area (Å²) >= 11 is 3.29. The van der Waals surface area contributed by atoms with Crippen LogP contribution in [0.3, 0.4) is 0 Å². The largest absolute Gasteiger partial charge is 0.507 e. The van der Waals surface area contributed by atoms with Crippen LogP contribution in [0.15, 0.2) is 52.5 Å². The summed E-state index contributed by atoms with van der Waals surface area (Å²) < 4.78 is 0.762. The van der Waals surface area contributed by atoms with Crippen LogP contribution in [-0.2, 0) is 0 Å². The molecule has 1 aliphatic carbocycles. The second-order valence-electron chi connectivity index (χ2n) is 4.46. The number of fused-ring (bicyclic) bond motifs is 1. The van der Waals surface area contributed by atoms with Crippen molar-refractivity contribution in [1.29, 1.82) is 0 Å². The van der Waals surface area contributed by atoms with Crippen molar-refractivity contribution >= 4 is 33.6 Å². The third-order valence-electron chi connectivity index (χ3n) is 3.19. The maximum atomic E-state index is 12.2. The molecule has 1 aliphatic rings. The molecule has 4 heteroatoms. The van der Waals surface area contributed by atoms with E-state index in [-0.39, 0.29) is 22.9 Å². The van der Waals surface area contributed by atoms with Gasteiger partial charge in [-0.15, -0.1) is 0 Å². The van der Waals surface area contributed by atoms with Crippen LogP contribution in [-0.4, -0.2) is 16.7 Å². The molecule has 0 fully saturated rings. The summed E-state index contributed by atoms with van der Waals surface area (Å²) in [5, 5.41) is 9.80. The van der Waals surface area contributed by atoms with Crippen molar-refractivity contribution in [3.63, 3.8) is 0 Å². The van der Waals surface area contributed by atoms with Crippen LogP contribution in [0.1, 0.15) is 26.3 Å². The number of halogens is 1. The molecule has 3 nitrogen and oxygen atoms in total. The third kappa shape index (κ3) is 1.98. The summed E-state index contributed by atoms with van der Waals surface area (Å²) in [4.78, 5) is 24.5. The minimum Gasteiger partial charge on any atom is -0.507 e. The molecule has 0 radical (unpaired) electrons. The monoisotopic (exact) mass is 328 g/mol. The van der Waals surface area contributed by atoms with Crippen molar-refractivity contribution in [2.75, 3.05) is 0 Å². The summed E-state index contributed by atoms with van der Waals surface area (Å²) in [6, 6.07) is 11.6. The lowest BCUT2D eigenvalue weighted by atomic mass is 10.1. The SMILES string of the molecule is O=C1C(=Cc2cc(Br)ccc2O)C(=O)c2ccccc21. The molecule has 98 valence electrons. The number of benzene rings is 2. The van der Waals surface area contributed by atoms with Gasteiger partial charge in [-0.3, -0.25) is 9.59 Å².